The minimum absolute atomic E-state index is 0.00504. The van der Waals surface area contributed by atoms with Crippen LogP contribution in [0.4, 0.5) is 5.95 Å². The predicted molar refractivity (Wildman–Crippen MR) is 170 cm³/mol. The van der Waals surface area contributed by atoms with E-state index in [2.05, 4.69) is 20.0 Å². The number of hydrogen-bond donors (Lipinski definition) is 5. The molecule has 1 aliphatic rings. The third-order valence-corrected chi connectivity index (χ3v) is 9.39. The van der Waals surface area contributed by atoms with Crippen molar-refractivity contribution in [2.75, 3.05) is 12.3 Å². The Kier molecular flexibility index (Phi) is 8.85. The summed E-state index contributed by atoms with van der Waals surface area (Å²) in [7, 11) is -4.42. The molecule has 0 aliphatic carbocycles. The second-order valence-corrected chi connectivity index (χ2v) is 13.0. The Balaban J connectivity index is 1.24. The summed E-state index contributed by atoms with van der Waals surface area (Å²) in [6.45, 7) is 2.20. The number of imidazole rings is 1. The van der Waals surface area contributed by atoms with E-state index < -0.39 is 56.0 Å². The van der Waals surface area contributed by atoms with Crippen LogP contribution in [0.3, 0.4) is 0 Å². The number of esters is 1. The number of ether oxygens (including phenoxy) is 2. The molecular formula is C31H33N6O9P. The van der Waals surface area contributed by atoms with Crippen molar-refractivity contribution in [2.24, 2.45) is 0 Å². The molecule has 6 rings (SSSR count). The van der Waals surface area contributed by atoms with E-state index in [1.165, 1.54) is 24.7 Å². The molecule has 2 aromatic heterocycles. The van der Waals surface area contributed by atoms with Crippen molar-refractivity contribution in [1.82, 2.24) is 24.6 Å². The number of H-pyrrole nitrogens is 1. The molecule has 6 atom stereocenters. The fourth-order valence-corrected chi connectivity index (χ4v) is 6.82. The number of fused-ring (bicyclic) bond motifs is 2. The number of hydrogen-bond acceptors (Lipinski definition) is 12. The molecule has 16 heteroatoms. The molecule has 15 nitrogen and oxygen atoms in total. The number of anilines is 1. The molecule has 1 saturated heterocycles. The average Bonchev–Trinajstić information content (AvgIpc) is 3.56. The minimum atomic E-state index is -4.42. The molecule has 3 heterocycles. The van der Waals surface area contributed by atoms with E-state index in [4.69, 9.17) is 24.3 Å². The summed E-state index contributed by atoms with van der Waals surface area (Å²) in [5, 5.41) is 26.5. The summed E-state index contributed by atoms with van der Waals surface area (Å²) in [5.41, 5.74) is 3.88. The van der Waals surface area contributed by atoms with Crippen LogP contribution in [-0.2, 0) is 30.0 Å². The van der Waals surface area contributed by atoms with Gasteiger partial charge in [0.15, 0.2) is 17.4 Å². The van der Waals surface area contributed by atoms with E-state index in [1.807, 2.05) is 36.4 Å². The summed E-state index contributed by atoms with van der Waals surface area (Å²) in [6.07, 6.45) is -2.93. The summed E-state index contributed by atoms with van der Waals surface area (Å²) >= 11 is 0. The third-order valence-electron chi connectivity index (χ3n) is 7.76. The number of benzene rings is 3. The van der Waals surface area contributed by atoms with Crippen LogP contribution in [0.1, 0.15) is 25.6 Å². The van der Waals surface area contributed by atoms with Gasteiger partial charge in [-0.1, -0.05) is 66.7 Å². The van der Waals surface area contributed by atoms with Crippen LogP contribution in [0.15, 0.2) is 83.9 Å². The van der Waals surface area contributed by atoms with Gasteiger partial charge in [0.25, 0.3) is 5.56 Å². The van der Waals surface area contributed by atoms with Crippen LogP contribution in [0, 0.1) is 0 Å². The lowest BCUT2D eigenvalue weighted by molar-refractivity contribution is -0.146. The lowest BCUT2D eigenvalue weighted by Crippen LogP contribution is -2.44. The SMILES string of the molecule is C[C@H](NP(=O)(OC[C@H]1O[C@@H](n2cnc3c(=O)[nH]c(N)nc32)[C@](C)(O)C1O)Oc1cccc2ccccc12)C(=O)OCc1ccccc1. The number of carbonyl (C=O) groups is 1. The van der Waals surface area contributed by atoms with Gasteiger partial charge in [0, 0.05) is 5.39 Å². The van der Waals surface area contributed by atoms with E-state index in [9.17, 15) is 24.4 Å². The van der Waals surface area contributed by atoms with E-state index in [-0.39, 0.29) is 29.5 Å². The van der Waals surface area contributed by atoms with Crippen LogP contribution >= 0.6 is 7.75 Å². The topological polar surface area (TPSA) is 213 Å². The van der Waals surface area contributed by atoms with Crippen LogP contribution in [0.5, 0.6) is 5.75 Å². The average molecular weight is 665 g/mol. The van der Waals surface area contributed by atoms with Gasteiger partial charge in [-0.05, 0) is 30.9 Å². The van der Waals surface area contributed by atoms with Gasteiger partial charge in [0.2, 0.25) is 5.95 Å². The molecular weight excluding hydrogens is 631 g/mol. The maximum Gasteiger partial charge on any atom is 0.459 e. The largest absolute Gasteiger partial charge is 0.460 e. The van der Waals surface area contributed by atoms with Crippen molar-refractivity contribution in [3.63, 3.8) is 0 Å². The first-order valence-electron chi connectivity index (χ1n) is 14.6. The maximum atomic E-state index is 14.4. The summed E-state index contributed by atoms with van der Waals surface area (Å²) in [4.78, 5) is 35.7. The van der Waals surface area contributed by atoms with Crippen molar-refractivity contribution in [1.29, 1.82) is 0 Å². The zero-order valence-electron chi connectivity index (χ0n) is 25.3. The second-order valence-electron chi connectivity index (χ2n) is 11.3. The number of nitrogens with zero attached hydrogens (tertiary/aromatic N) is 3. The number of rotatable bonds is 11. The zero-order chi connectivity index (χ0) is 33.3. The Bertz CT molecular complexity index is 2010. The van der Waals surface area contributed by atoms with Gasteiger partial charge >= 0.3 is 13.7 Å². The van der Waals surface area contributed by atoms with Gasteiger partial charge in [0.1, 0.15) is 36.2 Å². The molecule has 5 aromatic rings. The first-order valence-corrected chi connectivity index (χ1v) is 16.2. The highest BCUT2D eigenvalue weighted by Crippen LogP contribution is 2.48. The molecule has 3 aromatic carbocycles. The molecule has 47 heavy (non-hydrogen) atoms. The van der Waals surface area contributed by atoms with Crippen molar-refractivity contribution in [3.05, 3.63) is 95.0 Å². The fourth-order valence-electron chi connectivity index (χ4n) is 5.30. The fraction of sp³-hybridized carbons (Fsp3) is 0.290. The number of aromatic amines is 1. The Morgan fingerprint density at radius 1 is 1.17 bits per heavy atom. The number of aliphatic hydroxyl groups excluding tert-OH is 1. The quantitative estimate of drug-likeness (QED) is 0.102. The summed E-state index contributed by atoms with van der Waals surface area (Å²) in [5.74, 6) is -0.690. The van der Waals surface area contributed by atoms with Crippen molar-refractivity contribution in [2.45, 2.75) is 50.5 Å². The molecule has 1 aliphatic heterocycles. The number of nitrogens with two attached hydrogens (primary N) is 1. The second kappa shape index (κ2) is 12.9. The van der Waals surface area contributed by atoms with E-state index in [0.29, 0.717) is 5.39 Å². The summed E-state index contributed by atoms with van der Waals surface area (Å²) < 4.78 is 38.8. The smallest absolute Gasteiger partial charge is 0.459 e. The van der Waals surface area contributed by atoms with E-state index >= 15 is 0 Å². The van der Waals surface area contributed by atoms with Gasteiger partial charge in [-0.2, -0.15) is 10.1 Å². The molecule has 0 amide bonds. The van der Waals surface area contributed by atoms with Gasteiger partial charge in [-0.15, -0.1) is 0 Å². The molecule has 0 radical (unpaired) electrons. The van der Waals surface area contributed by atoms with E-state index in [0.717, 1.165) is 10.9 Å². The molecule has 0 bridgehead atoms. The Hall–Kier alpha value is -4.63. The van der Waals surface area contributed by atoms with Gasteiger partial charge < -0.3 is 29.9 Å². The lowest BCUT2D eigenvalue weighted by Gasteiger charge is -2.27. The molecule has 2 unspecified atom stereocenters. The highest BCUT2D eigenvalue weighted by Gasteiger charge is 2.54. The van der Waals surface area contributed by atoms with Crippen molar-refractivity contribution >= 4 is 41.6 Å². The van der Waals surface area contributed by atoms with Crippen LogP contribution < -0.4 is 20.9 Å². The molecule has 0 spiro atoms. The van der Waals surface area contributed by atoms with Crippen LogP contribution in [-0.4, -0.2) is 66.2 Å². The normalized spacial score (nSPS) is 23.0. The van der Waals surface area contributed by atoms with E-state index in [1.54, 1.807) is 36.4 Å². The van der Waals surface area contributed by atoms with Gasteiger partial charge in [-0.25, -0.2) is 9.55 Å². The third kappa shape index (κ3) is 6.63. The van der Waals surface area contributed by atoms with Gasteiger partial charge in [0.05, 0.1) is 12.9 Å². The first-order chi connectivity index (χ1) is 22.4. The first kappa shape index (κ1) is 32.3. The Morgan fingerprint density at radius 3 is 2.68 bits per heavy atom. The number of nitrogen functional groups attached to an aromatic ring is 1. The van der Waals surface area contributed by atoms with Crippen molar-refractivity contribution < 1.29 is 38.1 Å². The Morgan fingerprint density at radius 2 is 1.89 bits per heavy atom. The highest BCUT2D eigenvalue weighted by atomic mass is 31.2. The molecule has 0 saturated carbocycles. The number of nitrogens with one attached hydrogen (secondary N) is 2. The predicted octanol–water partition coefficient (Wildman–Crippen LogP) is 2.79. The summed E-state index contributed by atoms with van der Waals surface area (Å²) in [6, 6.07) is 20.3. The zero-order valence-corrected chi connectivity index (χ0v) is 26.2. The Labute approximate surface area is 267 Å². The lowest BCUT2D eigenvalue weighted by atomic mass is 9.96. The van der Waals surface area contributed by atoms with Crippen LogP contribution in [0.2, 0.25) is 0 Å². The minimum Gasteiger partial charge on any atom is -0.460 e. The molecule has 6 N–H and O–H groups in total. The molecule has 246 valence electrons. The maximum absolute atomic E-state index is 14.4. The number of carbonyl (C=O) groups excluding carboxylic acids is 1. The van der Waals surface area contributed by atoms with Crippen molar-refractivity contribution in [3.8, 4) is 5.75 Å². The van der Waals surface area contributed by atoms with Gasteiger partial charge in [-0.3, -0.25) is 23.7 Å². The number of aliphatic hydroxyl groups is 2. The standard InChI is InChI=1S/C31H33N6O9P/c1-18(28(40)43-15-19-9-4-3-5-10-19)36-47(42,46-22-14-8-12-20-11-6-7-13-21(20)22)44-16-23-25(38)31(2,41)29(45-23)37-17-33-24-26(37)34-30(32)35-27(24)39/h3-14,17-18,23,25,29,38,41H,15-16H2,1-2H3,(H,36,42)(H3,32,34,35,39)/t18-,23+,25?,29+,31+,47?/m0/s1. The van der Waals surface area contributed by atoms with Crippen LogP contribution in [0.25, 0.3) is 21.9 Å². The monoisotopic (exact) mass is 664 g/mol. The molecule has 1 fully saturated rings. The number of aromatic nitrogens is 4. The highest BCUT2D eigenvalue weighted by molar-refractivity contribution is 7.52.